The number of benzene rings is 1. The number of nitrogens with zero attached hydrogens (tertiary/aromatic N) is 1. The van der Waals surface area contributed by atoms with E-state index in [-0.39, 0.29) is 5.91 Å². The van der Waals surface area contributed by atoms with Crippen LogP contribution < -0.4 is 10.6 Å². The summed E-state index contributed by atoms with van der Waals surface area (Å²) in [4.78, 5) is 16.2. The normalized spacial score (nSPS) is 10.2. The summed E-state index contributed by atoms with van der Waals surface area (Å²) in [6.45, 7) is 3.06. The van der Waals surface area contributed by atoms with Gasteiger partial charge >= 0.3 is 0 Å². The van der Waals surface area contributed by atoms with Gasteiger partial charge in [0.2, 0.25) is 0 Å². The number of hydrogen-bond donors (Lipinski definition) is 2. The first-order valence-corrected chi connectivity index (χ1v) is 7.27. The lowest BCUT2D eigenvalue weighted by Crippen LogP contribution is -2.23. The quantitative estimate of drug-likeness (QED) is 0.881. The van der Waals surface area contributed by atoms with Gasteiger partial charge in [-0.25, -0.2) is 4.98 Å². The van der Waals surface area contributed by atoms with Crippen molar-refractivity contribution in [3.63, 3.8) is 0 Å². The fraction of sp³-hybridized carbons (Fsp3) is 0.200. The molecule has 1 aromatic carbocycles. The fourth-order valence-electron chi connectivity index (χ4n) is 1.79. The molecule has 21 heavy (non-hydrogen) atoms. The van der Waals surface area contributed by atoms with E-state index in [4.69, 9.17) is 23.2 Å². The Morgan fingerprint density at radius 1 is 1.29 bits per heavy atom. The molecule has 2 N–H and O–H groups in total. The van der Waals surface area contributed by atoms with Crippen molar-refractivity contribution in [3.8, 4) is 0 Å². The molecule has 2 aromatic rings. The van der Waals surface area contributed by atoms with E-state index in [1.807, 2.05) is 19.1 Å². The number of hydrogen-bond acceptors (Lipinski definition) is 3. The predicted octanol–water partition coefficient (Wildman–Crippen LogP) is 3.75. The SMILES string of the molecule is CCNc1ncc(C(=O)NCc2cccc(Cl)c2)cc1Cl. The number of nitrogens with one attached hydrogen (secondary N) is 2. The van der Waals surface area contributed by atoms with E-state index in [2.05, 4.69) is 15.6 Å². The van der Waals surface area contributed by atoms with E-state index < -0.39 is 0 Å². The molecule has 0 aliphatic rings. The molecular formula is C15H15Cl2N3O. The van der Waals surface area contributed by atoms with Gasteiger partial charge in [0.25, 0.3) is 5.91 Å². The summed E-state index contributed by atoms with van der Waals surface area (Å²) in [6, 6.07) is 8.93. The third-order valence-electron chi connectivity index (χ3n) is 2.79. The molecule has 1 heterocycles. The van der Waals surface area contributed by atoms with Crippen LogP contribution in [0.5, 0.6) is 0 Å². The first-order chi connectivity index (χ1) is 10.1. The van der Waals surface area contributed by atoms with Crippen molar-refractivity contribution >= 4 is 34.9 Å². The van der Waals surface area contributed by atoms with Crippen molar-refractivity contribution in [2.45, 2.75) is 13.5 Å². The summed E-state index contributed by atoms with van der Waals surface area (Å²) in [5.74, 6) is 0.345. The number of rotatable bonds is 5. The Hall–Kier alpha value is -1.78. The molecule has 2 rings (SSSR count). The summed E-state index contributed by atoms with van der Waals surface area (Å²) in [5, 5.41) is 6.88. The average molecular weight is 324 g/mol. The zero-order chi connectivity index (χ0) is 15.2. The van der Waals surface area contributed by atoms with Crippen LogP contribution in [-0.2, 0) is 6.54 Å². The molecule has 0 bridgehead atoms. The molecule has 0 unspecified atom stereocenters. The first kappa shape index (κ1) is 15.6. The first-order valence-electron chi connectivity index (χ1n) is 6.52. The number of pyridine rings is 1. The fourth-order valence-corrected chi connectivity index (χ4v) is 2.24. The van der Waals surface area contributed by atoms with Gasteiger partial charge in [-0.05, 0) is 30.7 Å². The number of aromatic nitrogens is 1. The molecule has 0 fully saturated rings. The summed E-state index contributed by atoms with van der Waals surface area (Å²) in [7, 11) is 0. The van der Waals surface area contributed by atoms with Crippen molar-refractivity contribution < 1.29 is 4.79 Å². The number of anilines is 1. The zero-order valence-electron chi connectivity index (χ0n) is 11.5. The Morgan fingerprint density at radius 3 is 2.76 bits per heavy atom. The molecule has 0 aliphatic heterocycles. The van der Waals surface area contributed by atoms with Gasteiger partial charge in [-0.1, -0.05) is 35.3 Å². The van der Waals surface area contributed by atoms with Crippen LogP contribution in [0.3, 0.4) is 0 Å². The molecule has 6 heteroatoms. The maximum Gasteiger partial charge on any atom is 0.253 e. The maximum absolute atomic E-state index is 12.1. The molecule has 0 radical (unpaired) electrons. The van der Waals surface area contributed by atoms with Crippen LogP contribution in [0.25, 0.3) is 0 Å². The lowest BCUT2D eigenvalue weighted by molar-refractivity contribution is 0.0950. The van der Waals surface area contributed by atoms with E-state index in [1.54, 1.807) is 18.2 Å². The van der Waals surface area contributed by atoms with Gasteiger partial charge in [0.1, 0.15) is 5.82 Å². The van der Waals surface area contributed by atoms with Crippen LogP contribution in [0.4, 0.5) is 5.82 Å². The van der Waals surface area contributed by atoms with E-state index in [0.717, 1.165) is 5.56 Å². The lowest BCUT2D eigenvalue weighted by atomic mass is 10.2. The van der Waals surface area contributed by atoms with Crippen molar-refractivity contribution in [1.82, 2.24) is 10.3 Å². The molecular weight excluding hydrogens is 309 g/mol. The predicted molar refractivity (Wildman–Crippen MR) is 86.0 cm³/mol. The molecule has 0 atom stereocenters. The van der Waals surface area contributed by atoms with Crippen LogP contribution in [0, 0.1) is 0 Å². The van der Waals surface area contributed by atoms with Crippen molar-refractivity contribution in [2.75, 3.05) is 11.9 Å². The highest BCUT2D eigenvalue weighted by molar-refractivity contribution is 6.33. The van der Waals surface area contributed by atoms with Gasteiger partial charge in [0.15, 0.2) is 0 Å². The summed E-state index contributed by atoms with van der Waals surface area (Å²) in [6.07, 6.45) is 1.50. The van der Waals surface area contributed by atoms with Crippen molar-refractivity contribution in [2.24, 2.45) is 0 Å². The minimum absolute atomic E-state index is 0.229. The minimum Gasteiger partial charge on any atom is -0.369 e. The summed E-state index contributed by atoms with van der Waals surface area (Å²) >= 11 is 12.0. The Bertz CT molecular complexity index is 647. The number of halogens is 2. The third kappa shape index (κ3) is 4.34. The molecule has 0 saturated carbocycles. The van der Waals surface area contributed by atoms with Gasteiger partial charge in [-0.2, -0.15) is 0 Å². The Labute approximate surface area is 133 Å². The van der Waals surface area contributed by atoms with Crippen molar-refractivity contribution in [1.29, 1.82) is 0 Å². The van der Waals surface area contributed by atoms with Gasteiger partial charge < -0.3 is 10.6 Å². The second-order valence-electron chi connectivity index (χ2n) is 4.40. The maximum atomic E-state index is 12.1. The topological polar surface area (TPSA) is 54.0 Å². The highest BCUT2D eigenvalue weighted by atomic mass is 35.5. The van der Waals surface area contributed by atoms with Crippen LogP contribution in [0.15, 0.2) is 36.5 Å². The van der Waals surface area contributed by atoms with Crippen molar-refractivity contribution in [3.05, 3.63) is 57.7 Å². The van der Waals surface area contributed by atoms with Gasteiger partial charge in [0, 0.05) is 24.3 Å². The monoisotopic (exact) mass is 323 g/mol. The van der Waals surface area contributed by atoms with E-state index in [1.165, 1.54) is 6.20 Å². The summed E-state index contributed by atoms with van der Waals surface area (Å²) in [5.41, 5.74) is 1.35. The second kappa shape index (κ2) is 7.29. The third-order valence-corrected chi connectivity index (χ3v) is 3.31. The highest BCUT2D eigenvalue weighted by Crippen LogP contribution is 2.20. The molecule has 4 nitrogen and oxygen atoms in total. The van der Waals surface area contributed by atoms with Crippen LogP contribution >= 0.6 is 23.2 Å². The minimum atomic E-state index is -0.229. The van der Waals surface area contributed by atoms with Gasteiger partial charge in [-0.3, -0.25) is 4.79 Å². The smallest absolute Gasteiger partial charge is 0.253 e. The average Bonchev–Trinajstić information content (AvgIpc) is 2.47. The Kier molecular flexibility index (Phi) is 5.42. The van der Waals surface area contributed by atoms with Gasteiger partial charge in [0.05, 0.1) is 10.6 Å². The molecule has 0 saturated heterocycles. The van der Waals surface area contributed by atoms with Crippen LogP contribution in [0.1, 0.15) is 22.8 Å². The largest absolute Gasteiger partial charge is 0.369 e. The number of carbonyl (C=O) groups is 1. The standard InChI is InChI=1S/C15H15Cl2N3O/c1-2-18-14-13(17)7-11(9-19-14)15(21)20-8-10-4-3-5-12(16)6-10/h3-7,9H,2,8H2,1H3,(H,18,19)(H,20,21). The molecule has 1 amide bonds. The van der Waals surface area contributed by atoms with E-state index >= 15 is 0 Å². The highest BCUT2D eigenvalue weighted by Gasteiger charge is 2.09. The molecule has 110 valence electrons. The van der Waals surface area contributed by atoms with Crippen LogP contribution in [-0.4, -0.2) is 17.4 Å². The lowest BCUT2D eigenvalue weighted by Gasteiger charge is -2.08. The molecule has 0 spiro atoms. The Morgan fingerprint density at radius 2 is 2.10 bits per heavy atom. The Balaban J connectivity index is 2.02. The number of amides is 1. The summed E-state index contributed by atoms with van der Waals surface area (Å²) < 4.78 is 0. The molecule has 0 aliphatic carbocycles. The van der Waals surface area contributed by atoms with E-state index in [9.17, 15) is 4.79 Å². The zero-order valence-corrected chi connectivity index (χ0v) is 13.0. The van der Waals surface area contributed by atoms with Gasteiger partial charge in [-0.15, -0.1) is 0 Å². The second-order valence-corrected chi connectivity index (χ2v) is 5.24. The number of carbonyl (C=O) groups excluding carboxylic acids is 1. The molecule has 1 aromatic heterocycles. The van der Waals surface area contributed by atoms with E-state index in [0.29, 0.717) is 34.5 Å². The van der Waals surface area contributed by atoms with Crippen LogP contribution in [0.2, 0.25) is 10.0 Å².